The molecule has 0 fully saturated rings. The molecule has 0 saturated heterocycles. The number of nitro groups is 1. The molecule has 0 aromatic heterocycles. The number of hydrogen-bond donors (Lipinski definition) is 1. The molecule has 1 aromatic rings. The Hall–Kier alpha value is -1.70. The fourth-order valence-corrected chi connectivity index (χ4v) is 1.74. The average Bonchev–Trinajstić information content (AvgIpc) is 2.47. The highest BCUT2D eigenvalue weighted by atomic mass is 16.6. The number of nitrogens with one attached hydrogen (secondary N) is 1. The molecule has 118 valence electrons. The van der Waals surface area contributed by atoms with Gasteiger partial charge in [0.1, 0.15) is 5.75 Å². The molecule has 7 heteroatoms. The van der Waals surface area contributed by atoms with Crippen molar-refractivity contribution < 1.29 is 19.1 Å². The number of methoxy groups -OCH3 is 1. The second kappa shape index (κ2) is 10.1. The molecular weight excluding hydrogens is 276 g/mol. The van der Waals surface area contributed by atoms with Crippen molar-refractivity contribution in [3.05, 3.63) is 33.9 Å². The molecule has 0 unspecified atom stereocenters. The molecule has 0 amide bonds. The first kappa shape index (κ1) is 17.4. The van der Waals surface area contributed by atoms with Crippen molar-refractivity contribution in [3.8, 4) is 5.75 Å². The van der Waals surface area contributed by atoms with Crippen molar-refractivity contribution in [2.75, 3.05) is 40.6 Å². The van der Waals surface area contributed by atoms with Gasteiger partial charge in [-0.05, 0) is 13.1 Å². The summed E-state index contributed by atoms with van der Waals surface area (Å²) in [4.78, 5) is 10.4. The minimum atomic E-state index is -0.410. The summed E-state index contributed by atoms with van der Waals surface area (Å²) in [5.74, 6) is 0.659. The Kier molecular flexibility index (Phi) is 8.34. The Bertz CT molecular complexity index is 439. The molecule has 0 radical (unpaired) electrons. The second-order valence-corrected chi connectivity index (χ2v) is 4.39. The molecule has 7 nitrogen and oxygen atoms in total. The van der Waals surface area contributed by atoms with E-state index in [2.05, 4.69) is 5.32 Å². The van der Waals surface area contributed by atoms with Gasteiger partial charge in [0, 0.05) is 44.4 Å². The van der Waals surface area contributed by atoms with E-state index in [9.17, 15) is 10.1 Å². The maximum atomic E-state index is 10.8. The van der Waals surface area contributed by atoms with Crippen LogP contribution in [0.1, 0.15) is 12.0 Å². The summed E-state index contributed by atoms with van der Waals surface area (Å²) in [6.07, 6.45) is 0.750. The van der Waals surface area contributed by atoms with Crippen LogP contribution in [0.3, 0.4) is 0 Å². The van der Waals surface area contributed by atoms with Gasteiger partial charge in [-0.2, -0.15) is 0 Å². The minimum absolute atomic E-state index is 0.0653. The predicted molar refractivity (Wildman–Crippen MR) is 78.7 cm³/mol. The van der Waals surface area contributed by atoms with Gasteiger partial charge in [0.15, 0.2) is 0 Å². The Morgan fingerprint density at radius 2 is 2.05 bits per heavy atom. The minimum Gasteiger partial charge on any atom is -0.493 e. The van der Waals surface area contributed by atoms with Crippen LogP contribution in [-0.2, 0) is 16.0 Å². The highest BCUT2D eigenvalue weighted by Gasteiger charge is 2.11. The zero-order chi connectivity index (χ0) is 15.5. The third-order valence-electron chi connectivity index (χ3n) is 2.74. The first-order valence-electron chi connectivity index (χ1n) is 6.80. The van der Waals surface area contributed by atoms with E-state index in [0.29, 0.717) is 38.7 Å². The van der Waals surface area contributed by atoms with Gasteiger partial charge in [-0.1, -0.05) is 0 Å². The standard InChI is InChI=1S/C14H22N2O5/c1-15-11-12-10-13(16(17)18)4-5-14(12)21-7-3-6-20-9-8-19-2/h4-5,10,15H,3,6-9,11H2,1-2H3. The van der Waals surface area contributed by atoms with E-state index in [1.54, 1.807) is 20.2 Å². The SMILES string of the molecule is CNCc1cc([N+](=O)[O-])ccc1OCCCOCCOC. The summed E-state index contributed by atoms with van der Waals surface area (Å²) in [7, 11) is 3.41. The second-order valence-electron chi connectivity index (χ2n) is 4.39. The molecular formula is C14H22N2O5. The topological polar surface area (TPSA) is 82.9 Å². The highest BCUT2D eigenvalue weighted by Crippen LogP contribution is 2.24. The van der Waals surface area contributed by atoms with Crippen molar-refractivity contribution in [1.82, 2.24) is 5.32 Å². The number of rotatable bonds is 11. The monoisotopic (exact) mass is 298 g/mol. The molecule has 1 aromatic carbocycles. The Balaban J connectivity index is 2.44. The summed E-state index contributed by atoms with van der Waals surface area (Å²) in [6.45, 7) is 2.76. The van der Waals surface area contributed by atoms with Crippen LogP contribution in [0, 0.1) is 10.1 Å². The van der Waals surface area contributed by atoms with Gasteiger partial charge in [-0.3, -0.25) is 10.1 Å². The lowest BCUT2D eigenvalue weighted by atomic mass is 10.1. The first-order chi connectivity index (χ1) is 10.2. The number of non-ortho nitro benzene ring substituents is 1. The lowest BCUT2D eigenvalue weighted by molar-refractivity contribution is -0.384. The molecule has 0 spiro atoms. The van der Waals surface area contributed by atoms with Crippen LogP contribution in [0.15, 0.2) is 18.2 Å². The van der Waals surface area contributed by atoms with Gasteiger partial charge in [-0.15, -0.1) is 0 Å². The van der Waals surface area contributed by atoms with E-state index < -0.39 is 4.92 Å². The maximum absolute atomic E-state index is 10.8. The lowest BCUT2D eigenvalue weighted by Crippen LogP contribution is -2.10. The van der Waals surface area contributed by atoms with E-state index in [1.807, 2.05) is 0 Å². The molecule has 0 aliphatic carbocycles. The molecule has 1 N–H and O–H groups in total. The van der Waals surface area contributed by atoms with Crippen LogP contribution in [-0.4, -0.2) is 45.5 Å². The third kappa shape index (κ3) is 6.52. The number of nitrogens with zero attached hydrogens (tertiary/aromatic N) is 1. The van der Waals surface area contributed by atoms with Gasteiger partial charge >= 0.3 is 0 Å². The van der Waals surface area contributed by atoms with Crippen molar-refractivity contribution in [2.45, 2.75) is 13.0 Å². The molecule has 0 saturated carbocycles. The largest absolute Gasteiger partial charge is 0.493 e. The van der Waals surface area contributed by atoms with E-state index in [0.717, 1.165) is 12.0 Å². The van der Waals surface area contributed by atoms with E-state index in [4.69, 9.17) is 14.2 Å². The van der Waals surface area contributed by atoms with Gasteiger partial charge in [0.05, 0.1) is 24.7 Å². The quantitative estimate of drug-likeness (QED) is 0.381. The van der Waals surface area contributed by atoms with Crippen LogP contribution >= 0.6 is 0 Å². The van der Waals surface area contributed by atoms with Crippen molar-refractivity contribution >= 4 is 5.69 Å². The molecule has 0 atom stereocenters. The van der Waals surface area contributed by atoms with E-state index >= 15 is 0 Å². The van der Waals surface area contributed by atoms with Gasteiger partial charge < -0.3 is 19.5 Å². The van der Waals surface area contributed by atoms with Crippen LogP contribution in [0.4, 0.5) is 5.69 Å². The summed E-state index contributed by atoms with van der Waals surface area (Å²) >= 11 is 0. The van der Waals surface area contributed by atoms with Gasteiger partial charge in [-0.25, -0.2) is 0 Å². The zero-order valence-corrected chi connectivity index (χ0v) is 12.5. The number of benzene rings is 1. The smallest absolute Gasteiger partial charge is 0.270 e. The van der Waals surface area contributed by atoms with Gasteiger partial charge in [0.25, 0.3) is 5.69 Å². The van der Waals surface area contributed by atoms with Crippen LogP contribution < -0.4 is 10.1 Å². The fourth-order valence-electron chi connectivity index (χ4n) is 1.74. The molecule has 0 aliphatic rings. The number of hydrogen-bond acceptors (Lipinski definition) is 6. The molecule has 0 heterocycles. The van der Waals surface area contributed by atoms with Crippen LogP contribution in [0.5, 0.6) is 5.75 Å². The Morgan fingerprint density at radius 3 is 2.71 bits per heavy atom. The van der Waals surface area contributed by atoms with Crippen molar-refractivity contribution in [2.24, 2.45) is 0 Å². The maximum Gasteiger partial charge on any atom is 0.270 e. The van der Waals surface area contributed by atoms with Crippen LogP contribution in [0.25, 0.3) is 0 Å². The van der Waals surface area contributed by atoms with Crippen LogP contribution in [0.2, 0.25) is 0 Å². The normalized spacial score (nSPS) is 10.6. The predicted octanol–water partition coefficient (Wildman–Crippen LogP) is 1.75. The highest BCUT2D eigenvalue weighted by molar-refractivity contribution is 5.43. The first-order valence-corrected chi connectivity index (χ1v) is 6.80. The molecule has 1 rings (SSSR count). The number of nitro benzene ring substituents is 1. The Morgan fingerprint density at radius 1 is 1.24 bits per heavy atom. The van der Waals surface area contributed by atoms with Crippen molar-refractivity contribution in [3.63, 3.8) is 0 Å². The van der Waals surface area contributed by atoms with E-state index in [-0.39, 0.29) is 5.69 Å². The van der Waals surface area contributed by atoms with E-state index in [1.165, 1.54) is 12.1 Å². The summed E-state index contributed by atoms with van der Waals surface area (Å²) in [6, 6.07) is 4.61. The summed E-state index contributed by atoms with van der Waals surface area (Å²) < 4.78 is 15.9. The molecule has 21 heavy (non-hydrogen) atoms. The zero-order valence-electron chi connectivity index (χ0n) is 12.5. The third-order valence-corrected chi connectivity index (χ3v) is 2.74. The van der Waals surface area contributed by atoms with Gasteiger partial charge in [0.2, 0.25) is 0 Å². The fraction of sp³-hybridized carbons (Fsp3) is 0.571. The number of ether oxygens (including phenoxy) is 3. The van der Waals surface area contributed by atoms with Crippen molar-refractivity contribution in [1.29, 1.82) is 0 Å². The lowest BCUT2D eigenvalue weighted by Gasteiger charge is -2.11. The average molecular weight is 298 g/mol. The summed E-state index contributed by atoms with van der Waals surface area (Å²) in [5, 5.41) is 13.7. The summed E-state index contributed by atoms with van der Waals surface area (Å²) in [5.41, 5.74) is 0.836. The molecule has 0 aliphatic heterocycles. The Labute approximate surface area is 124 Å². The molecule has 0 bridgehead atoms.